The Kier molecular flexibility index (Phi) is 15.2. The fourth-order valence-corrected chi connectivity index (χ4v) is 4.24. The molecule has 0 spiro atoms. The number of hydrogen-bond donors (Lipinski definition) is 0. The van der Waals surface area contributed by atoms with E-state index >= 15 is 0 Å². The highest BCUT2D eigenvalue weighted by Gasteiger charge is 2.37. The second-order valence-corrected chi connectivity index (χ2v) is 10.3. The van der Waals surface area contributed by atoms with Crippen LogP contribution >= 0.6 is 0 Å². The number of Topliss-reactive ketones (excluding diaryl/α,β-unsaturated/α-hetero) is 2. The Labute approximate surface area is 241 Å². The van der Waals surface area contributed by atoms with Gasteiger partial charge in [0.2, 0.25) is 0 Å². The summed E-state index contributed by atoms with van der Waals surface area (Å²) in [4.78, 5) is 28.7. The second-order valence-electron chi connectivity index (χ2n) is 10.3. The fraction of sp³-hybridized carbons (Fsp3) is 0.559. The van der Waals surface area contributed by atoms with Gasteiger partial charge < -0.3 is 18.9 Å². The molecule has 1 atom stereocenters. The van der Waals surface area contributed by atoms with Crippen LogP contribution in [0.4, 0.5) is 0 Å². The van der Waals surface area contributed by atoms with Crippen molar-refractivity contribution in [1.29, 1.82) is 0 Å². The van der Waals surface area contributed by atoms with E-state index in [0.29, 0.717) is 60.6 Å². The standard InChI is InChI=1S/C34H49O6/c1-7-11-21-37-26-17-15-18-27(38-22-12-8-2)31(26)33(35)30(25(5)6)34(36)32-28(39-23-13-9-3)19-16-20-29(32)40-24-14-10-4/h15-20,25,30H,5,7-14,21-24H2,1-4,6H3. The monoisotopic (exact) mass is 553 g/mol. The lowest BCUT2D eigenvalue weighted by Gasteiger charge is -2.24. The molecule has 0 aromatic heterocycles. The van der Waals surface area contributed by atoms with Crippen molar-refractivity contribution < 1.29 is 28.5 Å². The van der Waals surface area contributed by atoms with Gasteiger partial charge in [0.15, 0.2) is 11.6 Å². The normalized spacial score (nSPS) is 11.1. The van der Waals surface area contributed by atoms with Gasteiger partial charge in [-0.1, -0.05) is 72.4 Å². The maximum Gasteiger partial charge on any atom is 0.181 e. The van der Waals surface area contributed by atoms with Gasteiger partial charge in [-0.25, -0.2) is 0 Å². The van der Waals surface area contributed by atoms with E-state index in [-0.39, 0.29) is 11.6 Å². The molecule has 0 aliphatic heterocycles. The van der Waals surface area contributed by atoms with E-state index in [1.165, 1.54) is 0 Å². The van der Waals surface area contributed by atoms with Crippen LogP contribution in [-0.2, 0) is 0 Å². The summed E-state index contributed by atoms with van der Waals surface area (Å²) in [5.74, 6) is -0.623. The minimum atomic E-state index is -1.08. The van der Waals surface area contributed by atoms with Crippen molar-refractivity contribution in [1.82, 2.24) is 0 Å². The molecule has 0 saturated carbocycles. The highest BCUT2D eigenvalue weighted by molar-refractivity contribution is 6.19. The molecule has 0 heterocycles. The van der Waals surface area contributed by atoms with Gasteiger partial charge in [0, 0.05) is 0 Å². The zero-order chi connectivity index (χ0) is 29.3. The summed E-state index contributed by atoms with van der Waals surface area (Å²) in [7, 11) is 0. The Morgan fingerprint density at radius 2 is 0.875 bits per heavy atom. The summed E-state index contributed by atoms with van der Waals surface area (Å²) in [5, 5.41) is 0. The fourth-order valence-electron chi connectivity index (χ4n) is 4.24. The Balaban J connectivity index is 2.59. The molecular weight excluding hydrogens is 504 g/mol. The SMILES string of the molecule is [CH2]C(C)C(C(=O)c1c(OCCCC)cccc1OCCCC)C(=O)c1c(OCCCC)cccc1OCCCC. The van der Waals surface area contributed by atoms with Crippen LogP contribution in [0.5, 0.6) is 23.0 Å². The number of ether oxygens (including phenoxy) is 4. The average molecular weight is 554 g/mol. The maximum atomic E-state index is 14.3. The van der Waals surface area contributed by atoms with Gasteiger partial charge in [0.05, 0.1) is 32.3 Å². The van der Waals surface area contributed by atoms with Crippen LogP contribution < -0.4 is 18.9 Å². The molecule has 0 aliphatic rings. The summed E-state index contributed by atoms with van der Waals surface area (Å²) in [6.07, 6.45) is 7.25. The third kappa shape index (κ3) is 9.57. The zero-order valence-electron chi connectivity index (χ0n) is 25.3. The number of carbonyl (C=O) groups excluding carboxylic acids is 2. The first kappa shape index (κ1) is 33.2. The number of rotatable bonds is 21. The largest absolute Gasteiger partial charge is 0.493 e. The van der Waals surface area contributed by atoms with Gasteiger partial charge >= 0.3 is 0 Å². The van der Waals surface area contributed by atoms with Crippen molar-refractivity contribution in [2.75, 3.05) is 26.4 Å². The average Bonchev–Trinajstić information content (AvgIpc) is 2.93. The zero-order valence-corrected chi connectivity index (χ0v) is 25.3. The van der Waals surface area contributed by atoms with Crippen molar-refractivity contribution in [3.8, 4) is 23.0 Å². The van der Waals surface area contributed by atoms with E-state index < -0.39 is 11.8 Å². The molecule has 1 unspecified atom stereocenters. The van der Waals surface area contributed by atoms with E-state index in [1.807, 2.05) is 12.1 Å². The third-order valence-electron chi connectivity index (χ3n) is 6.62. The molecule has 2 aromatic rings. The molecular formula is C34H49O6. The molecule has 0 bridgehead atoms. The number of hydrogen-bond acceptors (Lipinski definition) is 6. The molecule has 40 heavy (non-hydrogen) atoms. The van der Waals surface area contributed by atoms with E-state index in [1.54, 1.807) is 31.2 Å². The molecule has 2 aromatic carbocycles. The highest BCUT2D eigenvalue weighted by atomic mass is 16.5. The summed E-state index contributed by atoms with van der Waals surface area (Å²) < 4.78 is 24.2. The predicted molar refractivity (Wildman–Crippen MR) is 161 cm³/mol. The smallest absolute Gasteiger partial charge is 0.181 e. The molecule has 6 nitrogen and oxygen atoms in total. The summed E-state index contributed by atoms with van der Waals surface area (Å²) in [5.41, 5.74) is 0.586. The first-order valence-corrected chi connectivity index (χ1v) is 15.1. The first-order chi connectivity index (χ1) is 19.4. The molecule has 2 rings (SSSR count). The topological polar surface area (TPSA) is 71.1 Å². The van der Waals surface area contributed by atoms with Crippen molar-refractivity contribution in [2.24, 2.45) is 11.8 Å². The Morgan fingerprint density at radius 3 is 1.10 bits per heavy atom. The van der Waals surface area contributed by atoms with Gasteiger partial charge in [-0.15, -0.1) is 0 Å². The minimum absolute atomic E-state index is 0.293. The van der Waals surface area contributed by atoms with Crippen LogP contribution in [-0.4, -0.2) is 38.0 Å². The Bertz CT molecular complexity index is 909. The van der Waals surface area contributed by atoms with E-state index in [4.69, 9.17) is 18.9 Å². The molecule has 0 saturated heterocycles. The van der Waals surface area contributed by atoms with Crippen molar-refractivity contribution in [2.45, 2.75) is 86.0 Å². The summed E-state index contributed by atoms with van der Waals surface area (Å²) in [6.45, 7) is 16.1. The van der Waals surface area contributed by atoms with Crippen LogP contribution in [0.2, 0.25) is 0 Å². The predicted octanol–water partition coefficient (Wildman–Crippen LogP) is 8.55. The van der Waals surface area contributed by atoms with E-state index in [2.05, 4.69) is 34.6 Å². The number of carbonyl (C=O) groups is 2. The molecule has 0 fully saturated rings. The lowest BCUT2D eigenvalue weighted by molar-refractivity contribution is 0.0767. The lowest BCUT2D eigenvalue weighted by Crippen LogP contribution is -2.31. The molecule has 6 heteroatoms. The number of unbranched alkanes of at least 4 members (excludes halogenated alkanes) is 4. The molecule has 1 radical (unpaired) electrons. The van der Waals surface area contributed by atoms with Gasteiger partial charge in [-0.3, -0.25) is 9.59 Å². The van der Waals surface area contributed by atoms with Crippen LogP contribution in [0.15, 0.2) is 36.4 Å². The van der Waals surface area contributed by atoms with E-state index in [9.17, 15) is 9.59 Å². The van der Waals surface area contributed by atoms with Crippen LogP contribution in [0, 0.1) is 18.8 Å². The quantitative estimate of drug-likeness (QED) is 0.0876. The summed E-state index contributed by atoms with van der Waals surface area (Å²) >= 11 is 0. The molecule has 0 aliphatic carbocycles. The van der Waals surface area contributed by atoms with Crippen molar-refractivity contribution >= 4 is 11.6 Å². The first-order valence-electron chi connectivity index (χ1n) is 15.1. The lowest BCUT2D eigenvalue weighted by atomic mass is 9.81. The van der Waals surface area contributed by atoms with Crippen LogP contribution in [0.25, 0.3) is 0 Å². The molecule has 0 amide bonds. The van der Waals surface area contributed by atoms with Crippen molar-refractivity contribution in [3.05, 3.63) is 54.4 Å². The number of ketones is 2. The van der Waals surface area contributed by atoms with Gasteiger partial charge in [0.1, 0.15) is 34.1 Å². The van der Waals surface area contributed by atoms with Crippen molar-refractivity contribution in [3.63, 3.8) is 0 Å². The van der Waals surface area contributed by atoms with E-state index in [0.717, 1.165) is 51.4 Å². The molecule has 221 valence electrons. The third-order valence-corrected chi connectivity index (χ3v) is 6.62. The number of benzene rings is 2. The van der Waals surface area contributed by atoms with Crippen LogP contribution in [0.3, 0.4) is 0 Å². The second kappa shape index (κ2) is 18.4. The van der Waals surface area contributed by atoms with Gasteiger partial charge in [-0.05, 0) is 62.8 Å². The summed E-state index contributed by atoms with van der Waals surface area (Å²) in [6, 6.07) is 10.7. The highest BCUT2D eigenvalue weighted by Crippen LogP contribution is 2.38. The maximum absolute atomic E-state index is 14.3. The Morgan fingerprint density at radius 1 is 0.600 bits per heavy atom. The molecule has 0 N–H and O–H groups in total. The Hall–Kier alpha value is -3.02. The minimum Gasteiger partial charge on any atom is -0.493 e. The van der Waals surface area contributed by atoms with Crippen LogP contribution in [0.1, 0.15) is 107 Å². The van der Waals surface area contributed by atoms with Gasteiger partial charge in [0.25, 0.3) is 0 Å². The van der Waals surface area contributed by atoms with Gasteiger partial charge in [-0.2, -0.15) is 0 Å².